The lowest BCUT2D eigenvalue weighted by Gasteiger charge is -2.00. The minimum atomic E-state index is -0.470. The number of rotatable bonds is 0. The van der Waals surface area contributed by atoms with Crippen LogP contribution in [0, 0.1) is 12.7 Å². The van der Waals surface area contributed by atoms with Gasteiger partial charge in [-0.3, -0.25) is 4.79 Å². The molecule has 0 amide bonds. The maximum atomic E-state index is 13.2. The van der Waals surface area contributed by atoms with Gasteiger partial charge in [0.2, 0.25) is 0 Å². The Kier molecular flexibility index (Phi) is 1.65. The summed E-state index contributed by atoms with van der Waals surface area (Å²) in [5.41, 5.74) is 0.529. The van der Waals surface area contributed by atoms with Crippen LogP contribution in [0.3, 0.4) is 0 Å². The lowest BCUT2D eigenvalue weighted by Crippen LogP contribution is -2.06. The van der Waals surface area contributed by atoms with E-state index in [1.165, 1.54) is 12.3 Å². The van der Waals surface area contributed by atoms with Gasteiger partial charge in [-0.2, -0.15) is 0 Å². The molecule has 2 rings (SSSR count). The number of aromatic amines is 1. The van der Waals surface area contributed by atoms with Gasteiger partial charge in [0.15, 0.2) is 0 Å². The van der Waals surface area contributed by atoms with E-state index in [0.29, 0.717) is 5.39 Å². The van der Waals surface area contributed by atoms with Gasteiger partial charge in [0.1, 0.15) is 5.82 Å². The summed E-state index contributed by atoms with van der Waals surface area (Å²) in [6.45, 7) is 1.85. The van der Waals surface area contributed by atoms with E-state index in [1.54, 1.807) is 12.1 Å². The van der Waals surface area contributed by atoms with Gasteiger partial charge in [0.25, 0.3) is 5.56 Å². The summed E-state index contributed by atoms with van der Waals surface area (Å²) in [6, 6.07) is 4.68. The molecule has 0 bridgehead atoms. The molecule has 1 heterocycles. The molecular weight excluding hydrogens is 169 g/mol. The average molecular weight is 177 g/mol. The molecule has 0 saturated heterocycles. The summed E-state index contributed by atoms with van der Waals surface area (Å²) in [5, 5.41) is 0.811. The number of benzene rings is 1. The van der Waals surface area contributed by atoms with Crippen molar-refractivity contribution in [1.29, 1.82) is 0 Å². The van der Waals surface area contributed by atoms with E-state index in [4.69, 9.17) is 0 Å². The Morgan fingerprint density at radius 1 is 1.31 bits per heavy atom. The molecule has 1 N–H and O–H groups in total. The predicted molar refractivity (Wildman–Crippen MR) is 49.3 cm³/mol. The summed E-state index contributed by atoms with van der Waals surface area (Å²) in [5.74, 6) is -0.470. The molecule has 0 radical (unpaired) electrons. The third-order valence-corrected chi connectivity index (χ3v) is 2.10. The fourth-order valence-corrected chi connectivity index (χ4v) is 1.42. The van der Waals surface area contributed by atoms with Crippen molar-refractivity contribution in [3.05, 3.63) is 46.1 Å². The molecule has 0 aliphatic rings. The van der Waals surface area contributed by atoms with E-state index in [2.05, 4.69) is 4.98 Å². The maximum Gasteiger partial charge on any atom is 0.258 e. The number of halogens is 1. The first-order valence-corrected chi connectivity index (χ1v) is 3.96. The number of aryl methyl sites for hydroxylation is 1. The lowest BCUT2D eigenvalue weighted by atomic mass is 10.1. The maximum absolute atomic E-state index is 13.2. The lowest BCUT2D eigenvalue weighted by molar-refractivity contribution is 0.638. The van der Waals surface area contributed by atoms with Crippen molar-refractivity contribution in [1.82, 2.24) is 4.98 Å². The van der Waals surface area contributed by atoms with E-state index in [9.17, 15) is 9.18 Å². The van der Waals surface area contributed by atoms with Crippen LogP contribution in [-0.4, -0.2) is 4.98 Å². The Hall–Kier alpha value is -1.64. The number of hydrogen-bond acceptors (Lipinski definition) is 1. The highest BCUT2D eigenvalue weighted by atomic mass is 19.1. The Balaban J connectivity index is 3.09. The number of fused-ring (bicyclic) bond motifs is 1. The van der Waals surface area contributed by atoms with Gasteiger partial charge >= 0.3 is 0 Å². The zero-order chi connectivity index (χ0) is 9.42. The van der Waals surface area contributed by atoms with Crippen molar-refractivity contribution >= 4 is 10.8 Å². The van der Waals surface area contributed by atoms with Gasteiger partial charge in [0.05, 0.1) is 5.39 Å². The molecular formula is C10H8FNO. The first-order valence-electron chi connectivity index (χ1n) is 3.96. The first-order chi connectivity index (χ1) is 6.20. The molecule has 66 valence electrons. The highest BCUT2D eigenvalue weighted by molar-refractivity contribution is 5.84. The molecule has 2 nitrogen and oxygen atoms in total. The summed E-state index contributed by atoms with van der Waals surface area (Å²) >= 11 is 0. The molecule has 3 heteroatoms. The molecule has 0 unspecified atom stereocenters. The zero-order valence-electron chi connectivity index (χ0n) is 7.10. The number of pyridine rings is 1. The SMILES string of the molecule is Cc1ccc(F)c2c(=O)[nH]ccc12. The van der Waals surface area contributed by atoms with Crippen LogP contribution in [0.15, 0.2) is 29.2 Å². The van der Waals surface area contributed by atoms with E-state index < -0.39 is 5.82 Å². The first kappa shape index (κ1) is 7.98. The predicted octanol–water partition coefficient (Wildman–Crippen LogP) is 1.98. The molecule has 0 fully saturated rings. The van der Waals surface area contributed by atoms with Crippen molar-refractivity contribution in [2.45, 2.75) is 6.92 Å². The van der Waals surface area contributed by atoms with Crippen molar-refractivity contribution < 1.29 is 4.39 Å². The average Bonchev–Trinajstić information content (AvgIpc) is 2.12. The van der Waals surface area contributed by atoms with E-state index in [0.717, 1.165) is 5.56 Å². The molecule has 2 aromatic rings. The number of nitrogens with one attached hydrogen (secondary N) is 1. The quantitative estimate of drug-likeness (QED) is 0.655. The molecule has 0 aliphatic heterocycles. The van der Waals surface area contributed by atoms with Crippen LogP contribution in [-0.2, 0) is 0 Å². The second-order valence-corrected chi connectivity index (χ2v) is 2.96. The second-order valence-electron chi connectivity index (χ2n) is 2.96. The summed E-state index contributed by atoms with van der Waals surface area (Å²) in [7, 11) is 0. The van der Waals surface area contributed by atoms with Gasteiger partial charge in [-0.25, -0.2) is 4.39 Å². The normalized spacial score (nSPS) is 10.6. The monoisotopic (exact) mass is 177 g/mol. The van der Waals surface area contributed by atoms with Crippen LogP contribution in [0.4, 0.5) is 4.39 Å². The highest BCUT2D eigenvalue weighted by Crippen LogP contribution is 2.16. The van der Waals surface area contributed by atoms with Crippen molar-refractivity contribution in [3.8, 4) is 0 Å². The Morgan fingerprint density at radius 2 is 2.08 bits per heavy atom. The number of aromatic nitrogens is 1. The van der Waals surface area contributed by atoms with E-state index in [-0.39, 0.29) is 10.9 Å². The Morgan fingerprint density at radius 3 is 2.77 bits per heavy atom. The molecule has 0 spiro atoms. The minimum Gasteiger partial charge on any atom is -0.328 e. The molecule has 1 aromatic carbocycles. The van der Waals surface area contributed by atoms with E-state index in [1.807, 2.05) is 6.92 Å². The highest BCUT2D eigenvalue weighted by Gasteiger charge is 2.05. The minimum absolute atomic E-state index is 0.141. The third kappa shape index (κ3) is 1.13. The molecule has 0 atom stereocenters. The van der Waals surface area contributed by atoms with Gasteiger partial charge in [-0.1, -0.05) is 6.07 Å². The van der Waals surface area contributed by atoms with Crippen LogP contribution in [0.25, 0.3) is 10.8 Å². The van der Waals surface area contributed by atoms with Crippen molar-refractivity contribution in [3.63, 3.8) is 0 Å². The smallest absolute Gasteiger partial charge is 0.258 e. The third-order valence-electron chi connectivity index (χ3n) is 2.10. The second kappa shape index (κ2) is 2.69. The van der Waals surface area contributed by atoms with Crippen LogP contribution >= 0.6 is 0 Å². The fourth-order valence-electron chi connectivity index (χ4n) is 1.42. The molecule has 0 aliphatic carbocycles. The standard InChI is InChI=1S/C10H8FNO/c1-6-2-3-8(11)9-7(6)4-5-12-10(9)13/h2-5H,1H3,(H,12,13). The van der Waals surface area contributed by atoms with Crippen molar-refractivity contribution in [2.24, 2.45) is 0 Å². The summed E-state index contributed by atoms with van der Waals surface area (Å²) < 4.78 is 13.2. The van der Waals surface area contributed by atoms with Gasteiger partial charge in [-0.05, 0) is 30.0 Å². The van der Waals surface area contributed by atoms with Crippen LogP contribution in [0.5, 0.6) is 0 Å². The molecule has 0 saturated carbocycles. The molecule has 1 aromatic heterocycles. The number of H-pyrrole nitrogens is 1. The van der Waals surface area contributed by atoms with E-state index >= 15 is 0 Å². The van der Waals surface area contributed by atoms with Crippen LogP contribution < -0.4 is 5.56 Å². The topological polar surface area (TPSA) is 32.9 Å². The summed E-state index contributed by atoms with van der Waals surface area (Å²) in [6.07, 6.45) is 1.52. The van der Waals surface area contributed by atoms with Gasteiger partial charge in [0, 0.05) is 6.20 Å². The van der Waals surface area contributed by atoms with Gasteiger partial charge in [-0.15, -0.1) is 0 Å². The van der Waals surface area contributed by atoms with Crippen LogP contribution in [0.2, 0.25) is 0 Å². The van der Waals surface area contributed by atoms with Crippen LogP contribution in [0.1, 0.15) is 5.56 Å². The van der Waals surface area contributed by atoms with Crippen molar-refractivity contribution in [2.75, 3.05) is 0 Å². The van der Waals surface area contributed by atoms with Gasteiger partial charge < -0.3 is 4.98 Å². The zero-order valence-corrected chi connectivity index (χ0v) is 7.10. The largest absolute Gasteiger partial charge is 0.328 e. The Bertz CT molecular complexity index is 516. The molecule has 13 heavy (non-hydrogen) atoms. The number of hydrogen-bond donors (Lipinski definition) is 1. The Labute approximate surface area is 74.0 Å². The fraction of sp³-hybridized carbons (Fsp3) is 0.100. The summed E-state index contributed by atoms with van der Waals surface area (Å²) in [4.78, 5) is 13.7.